The largest absolute Gasteiger partial charge is 0.459 e. The molecule has 2 aromatic carbocycles. The first-order chi connectivity index (χ1) is 16.6. The van der Waals surface area contributed by atoms with E-state index in [1.54, 1.807) is 17.0 Å². The van der Waals surface area contributed by atoms with Crippen LogP contribution in [-0.4, -0.2) is 41.3 Å². The summed E-state index contributed by atoms with van der Waals surface area (Å²) in [4.78, 5) is 30.7. The van der Waals surface area contributed by atoms with Crippen molar-refractivity contribution in [3.8, 4) is 0 Å². The van der Waals surface area contributed by atoms with E-state index in [4.69, 9.17) is 16.0 Å². The molecule has 0 aliphatic carbocycles. The van der Waals surface area contributed by atoms with E-state index in [9.17, 15) is 9.59 Å². The van der Waals surface area contributed by atoms with Crippen LogP contribution in [0.5, 0.6) is 0 Å². The van der Waals surface area contributed by atoms with Gasteiger partial charge in [-0.15, -0.1) is 0 Å². The lowest BCUT2D eigenvalue weighted by molar-refractivity contribution is -0.126. The average Bonchev–Trinajstić information content (AvgIpc) is 3.56. The second-order valence-electron chi connectivity index (χ2n) is 8.65. The molecule has 3 heterocycles. The molecule has 5 rings (SSSR count). The maximum Gasteiger partial charge on any atom is 0.289 e. The van der Waals surface area contributed by atoms with Crippen molar-refractivity contribution in [1.82, 2.24) is 15.2 Å². The molecule has 34 heavy (non-hydrogen) atoms. The minimum atomic E-state index is -0.129. The van der Waals surface area contributed by atoms with Crippen LogP contribution in [0.15, 0.2) is 77.5 Å². The number of aromatic nitrogens is 1. The van der Waals surface area contributed by atoms with Gasteiger partial charge in [0.25, 0.3) is 5.91 Å². The molecule has 1 atom stereocenters. The Bertz CT molecular complexity index is 1290. The summed E-state index contributed by atoms with van der Waals surface area (Å²) >= 11 is 6.57. The number of carbonyl (C=O) groups excluding carboxylic acids is 2. The van der Waals surface area contributed by atoms with Crippen LogP contribution in [0.2, 0.25) is 5.02 Å². The fraction of sp³-hybridized carbons (Fsp3) is 0.259. The minimum absolute atomic E-state index is 0.0157. The Balaban J connectivity index is 1.28. The summed E-state index contributed by atoms with van der Waals surface area (Å²) in [5.74, 6) is 0.0121. The first kappa shape index (κ1) is 22.3. The maximum absolute atomic E-state index is 13.1. The maximum atomic E-state index is 13.1. The number of furan rings is 1. The van der Waals surface area contributed by atoms with Crippen molar-refractivity contribution in [2.75, 3.05) is 19.6 Å². The van der Waals surface area contributed by atoms with E-state index in [2.05, 4.69) is 16.4 Å². The molecule has 0 bridgehead atoms. The first-order valence-electron chi connectivity index (χ1n) is 11.5. The van der Waals surface area contributed by atoms with Crippen LogP contribution < -0.4 is 5.32 Å². The number of nitrogens with zero attached hydrogens (tertiary/aromatic N) is 1. The fourth-order valence-corrected chi connectivity index (χ4v) is 5.04. The molecule has 0 spiro atoms. The molecular weight excluding hydrogens is 450 g/mol. The Labute approximate surface area is 202 Å². The van der Waals surface area contributed by atoms with Crippen LogP contribution in [0.3, 0.4) is 0 Å². The molecule has 1 fully saturated rings. The summed E-state index contributed by atoms with van der Waals surface area (Å²) < 4.78 is 5.22. The molecule has 174 valence electrons. The monoisotopic (exact) mass is 475 g/mol. The lowest BCUT2D eigenvalue weighted by atomic mass is 9.90. The van der Waals surface area contributed by atoms with Crippen molar-refractivity contribution in [3.05, 3.63) is 95.0 Å². The smallest absolute Gasteiger partial charge is 0.289 e. The lowest BCUT2D eigenvalue weighted by Crippen LogP contribution is -2.43. The summed E-state index contributed by atoms with van der Waals surface area (Å²) in [5, 5.41) is 4.96. The number of halogens is 1. The molecule has 1 saturated heterocycles. The van der Waals surface area contributed by atoms with Crippen molar-refractivity contribution in [1.29, 1.82) is 0 Å². The molecule has 0 unspecified atom stereocenters. The zero-order valence-corrected chi connectivity index (χ0v) is 19.4. The number of piperidine rings is 1. The molecule has 4 aromatic rings. The van der Waals surface area contributed by atoms with Gasteiger partial charge in [-0.05, 0) is 48.2 Å². The zero-order valence-electron chi connectivity index (χ0n) is 18.7. The summed E-state index contributed by atoms with van der Waals surface area (Å²) in [5.41, 5.74) is 3.13. The quantitative estimate of drug-likeness (QED) is 0.401. The molecule has 0 radical (unpaired) electrons. The number of para-hydroxylation sites is 1. The van der Waals surface area contributed by atoms with Crippen LogP contribution in [-0.2, 0) is 4.79 Å². The van der Waals surface area contributed by atoms with E-state index in [0.717, 1.165) is 22.0 Å². The van der Waals surface area contributed by atoms with Gasteiger partial charge in [-0.2, -0.15) is 0 Å². The highest BCUT2D eigenvalue weighted by molar-refractivity contribution is 6.31. The summed E-state index contributed by atoms with van der Waals surface area (Å²) in [6.45, 7) is 1.51. The Morgan fingerprint density at radius 2 is 1.79 bits per heavy atom. The number of hydrogen-bond donors (Lipinski definition) is 2. The highest BCUT2D eigenvalue weighted by Gasteiger charge is 2.29. The zero-order chi connectivity index (χ0) is 23.5. The molecular formula is C27H26ClN3O3. The Hall–Kier alpha value is -3.51. The van der Waals surface area contributed by atoms with Gasteiger partial charge in [0.15, 0.2) is 5.76 Å². The third-order valence-corrected chi connectivity index (χ3v) is 6.99. The van der Waals surface area contributed by atoms with Gasteiger partial charge < -0.3 is 19.6 Å². The number of amides is 2. The molecule has 2 amide bonds. The number of rotatable bonds is 6. The van der Waals surface area contributed by atoms with Gasteiger partial charge in [0.2, 0.25) is 5.91 Å². The van der Waals surface area contributed by atoms with E-state index in [0.29, 0.717) is 43.3 Å². The Kier molecular flexibility index (Phi) is 6.41. The number of benzene rings is 2. The van der Waals surface area contributed by atoms with Gasteiger partial charge >= 0.3 is 0 Å². The van der Waals surface area contributed by atoms with Crippen molar-refractivity contribution in [2.24, 2.45) is 5.92 Å². The van der Waals surface area contributed by atoms with Crippen LogP contribution in [0, 0.1) is 5.92 Å². The number of H-pyrrole nitrogens is 1. The van der Waals surface area contributed by atoms with Crippen LogP contribution in [0.1, 0.15) is 40.4 Å². The number of carbonyl (C=O) groups is 2. The normalized spacial score (nSPS) is 15.4. The summed E-state index contributed by atoms with van der Waals surface area (Å²) in [7, 11) is 0. The van der Waals surface area contributed by atoms with E-state index in [1.807, 2.05) is 48.7 Å². The van der Waals surface area contributed by atoms with E-state index < -0.39 is 0 Å². The van der Waals surface area contributed by atoms with E-state index in [-0.39, 0.29) is 23.7 Å². The van der Waals surface area contributed by atoms with Crippen LogP contribution >= 0.6 is 11.6 Å². The average molecular weight is 476 g/mol. The summed E-state index contributed by atoms with van der Waals surface area (Å²) in [6.07, 6.45) is 4.75. The molecule has 2 aromatic heterocycles. The third kappa shape index (κ3) is 4.46. The fourth-order valence-electron chi connectivity index (χ4n) is 4.78. The number of hydrogen-bond acceptors (Lipinski definition) is 3. The SMILES string of the molecule is O=C(NC[C@@H](c1ccccc1Cl)c1c[nH]c2ccccc12)C1CCN(C(=O)c2ccco2)CC1. The van der Waals surface area contributed by atoms with Gasteiger partial charge in [-0.3, -0.25) is 9.59 Å². The number of aromatic amines is 1. The highest BCUT2D eigenvalue weighted by Crippen LogP contribution is 2.34. The number of likely N-dealkylation sites (tertiary alicyclic amines) is 1. The van der Waals surface area contributed by atoms with E-state index >= 15 is 0 Å². The topological polar surface area (TPSA) is 78.3 Å². The van der Waals surface area contributed by atoms with E-state index in [1.165, 1.54) is 6.26 Å². The van der Waals surface area contributed by atoms with Gasteiger partial charge in [-0.1, -0.05) is 48.0 Å². The standard InChI is InChI=1S/C27H26ClN3O3/c28-23-8-3-1-6-19(23)21(22-16-29-24-9-4-2-7-20(22)24)17-30-26(32)18-11-13-31(14-12-18)27(33)25-10-5-15-34-25/h1-10,15-16,18,21,29H,11-14,17H2,(H,30,32)/t21-/m0/s1. The Morgan fingerprint density at radius 1 is 1.03 bits per heavy atom. The molecule has 7 heteroatoms. The molecule has 1 aliphatic heterocycles. The summed E-state index contributed by atoms with van der Waals surface area (Å²) in [6, 6.07) is 19.3. The van der Waals surface area contributed by atoms with Crippen molar-refractivity contribution >= 4 is 34.3 Å². The second-order valence-corrected chi connectivity index (χ2v) is 9.06. The van der Waals surface area contributed by atoms with Gasteiger partial charge in [0.1, 0.15) is 0 Å². The second kappa shape index (κ2) is 9.77. The van der Waals surface area contributed by atoms with Crippen LogP contribution in [0.25, 0.3) is 10.9 Å². The lowest BCUT2D eigenvalue weighted by Gasteiger charge is -2.31. The van der Waals surface area contributed by atoms with Crippen molar-refractivity contribution in [3.63, 3.8) is 0 Å². The molecule has 2 N–H and O–H groups in total. The number of nitrogens with one attached hydrogen (secondary N) is 2. The molecule has 0 saturated carbocycles. The van der Waals surface area contributed by atoms with Crippen LogP contribution in [0.4, 0.5) is 0 Å². The first-order valence-corrected chi connectivity index (χ1v) is 11.9. The van der Waals surface area contributed by atoms with Crippen molar-refractivity contribution in [2.45, 2.75) is 18.8 Å². The predicted octanol–water partition coefficient (Wildman–Crippen LogP) is 5.21. The molecule has 1 aliphatic rings. The van der Waals surface area contributed by atoms with Gasteiger partial charge in [0, 0.05) is 53.6 Å². The van der Waals surface area contributed by atoms with Gasteiger partial charge in [0.05, 0.1) is 6.26 Å². The molecule has 6 nitrogen and oxygen atoms in total. The minimum Gasteiger partial charge on any atom is -0.459 e. The highest BCUT2D eigenvalue weighted by atomic mass is 35.5. The predicted molar refractivity (Wildman–Crippen MR) is 132 cm³/mol. The van der Waals surface area contributed by atoms with Gasteiger partial charge in [-0.25, -0.2) is 0 Å². The Morgan fingerprint density at radius 3 is 2.56 bits per heavy atom. The third-order valence-electron chi connectivity index (χ3n) is 6.64. The van der Waals surface area contributed by atoms with Crippen molar-refractivity contribution < 1.29 is 14.0 Å². The number of fused-ring (bicyclic) bond motifs is 1.